The van der Waals surface area contributed by atoms with E-state index in [-0.39, 0.29) is 17.6 Å². The number of ether oxygens (including phenoxy) is 1. The lowest BCUT2D eigenvalue weighted by Crippen LogP contribution is -2.23. The lowest BCUT2D eigenvalue weighted by molar-refractivity contribution is 0.381. The van der Waals surface area contributed by atoms with Gasteiger partial charge in [-0.25, -0.2) is 4.39 Å². The minimum absolute atomic E-state index is 0.170. The molecule has 0 aliphatic heterocycles. The van der Waals surface area contributed by atoms with Gasteiger partial charge >= 0.3 is 0 Å². The number of hydrogen-bond donors (Lipinski definition) is 1. The molecule has 0 amide bonds. The predicted molar refractivity (Wildman–Crippen MR) is 79.7 cm³/mol. The normalized spacial score (nSPS) is 12.2. The number of aryl methyl sites for hydroxylation is 1. The summed E-state index contributed by atoms with van der Waals surface area (Å²) >= 11 is 0. The number of hydrogen-bond acceptors (Lipinski definition) is 2. The Labute approximate surface area is 119 Å². The van der Waals surface area contributed by atoms with Gasteiger partial charge in [0.05, 0.1) is 13.2 Å². The molecule has 2 aromatic carbocycles. The highest BCUT2D eigenvalue weighted by Crippen LogP contribution is 2.30. The second kappa shape index (κ2) is 6.53. The van der Waals surface area contributed by atoms with E-state index in [4.69, 9.17) is 4.74 Å². The quantitative estimate of drug-likeness (QED) is 0.893. The van der Waals surface area contributed by atoms with Crippen molar-refractivity contribution in [3.63, 3.8) is 0 Å². The molecule has 1 atom stereocenters. The van der Waals surface area contributed by atoms with Gasteiger partial charge in [0.15, 0.2) is 11.6 Å². The van der Waals surface area contributed by atoms with Gasteiger partial charge in [0, 0.05) is 5.56 Å². The highest BCUT2D eigenvalue weighted by Gasteiger charge is 2.20. The highest BCUT2D eigenvalue weighted by atomic mass is 19.1. The molecule has 0 spiro atoms. The number of halogens is 1. The number of methoxy groups -OCH3 is 1. The maximum atomic E-state index is 14.5. The summed E-state index contributed by atoms with van der Waals surface area (Å²) in [6.45, 7) is 4.82. The maximum absolute atomic E-state index is 14.5. The van der Waals surface area contributed by atoms with Crippen LogP contribution in [-0.4, -0.2) is 13.7 Å². The lowest BCUT2D eigenvalue weighted by atomic mass is 9.94. The summed E-state index contributed by atoms with van der Waals surface area (Å²) in [5.74, 6) is -0.0248. The third kappa shape index (κ3) is 2.83. The first kappa shape index (κ1) is 14.5. The van der Waals surface area contributed by atoms with E-state index in [0.29, 0.717) is 5.56 Å². The van der Waals surface area contributed by atoms with Crippen molar-refractivity contribution in [2.24, 2.45) is 0 Å². The zero-order valence-electron chi connectivity index (χ0n) is 12.1. The fourth-order valence-corrected chi connectivity index (χ4v) is 2.41. The Morgan fingerprint density at radius 2 is 1.80 bits per heavy atom. The molecule has 20 heavy (non-hydrogen) atoms. The molecule has 0 saturated carbocycles. The van der Waals surface area contributed by atoms with E-state index in [1.54, 1.807) is 12.1 Å². The van der Waals surface area contributed by atoms with Crippen LogP contribution in [0, 0.1) is 12.7 Å². The molecule has 3 heteroatoms. The topological polar surface area (TPSA) is 21.3 Å². The average molecular weight is 273 g/mol. The van der Waals surface area contributed by atoms with Crippen LogP contribution in [0.5, 0.6) is 5.75 Å². The highest BCUT2D eigenvalue weighted by molar-refractivity contribution is 5.41. The van der Waals surface area contributed by atoms with Crippen molar-refractivity contribution in [2.45, 2.75) is 19.9 Å². The van der Waals surface area contributed by atoms with Crippen LogP contribution in [0.25, 0.3) is 0 Å². The van der Waals surface area contributed by atoms with E-state index in [1.165, 1.54) is 7.11 Å². The minimum Gasteiger partial charge on any atom is -0.494 e. The summed E-state index contributed by atoms with van der Waals surface area (Å²) < 4.78 is 19.6. The average Bonchev–Trinajstić information content (AvgIpc) is 2.46. The third-order valence-corrected chi connectivity index (χ3v) is 3.43. The van der Waals surface area contributed by atoms with Gasteiger partial charge in [0.2, 0.25) is 0 Å². The van der Waals surface area contributed by atoms with Crippen molar-refractivity contribution in [1.29, 1.82) is 0 Å². The van der Waals surface area contributed by atoms with Crippen LogP contribution in [0.15, 0.2) is 42.5 Å². The molecule has 0 aliphatic carbocycles. The van der Waals surface area contributed by atoms with Gasteiger partial charge < -0.3 is 10.1 Å². The number of nitrogens with one attached hydrogen (secondary N) is 1. The molecule has 0 saturated heterocycles. The number of benzene rings is 2. The van der Waals surface area contributed by atoms with Crippen LogP contribution in [0.1, 0.15) is 29.7 Å². The van der Waals surface area contributed by atoms with Gasteiger partial charge in [-0.15, -0.1) is 0 Å². The van der Waals surface area contributed by atoms with Crippen LogP contribution in [0.2, 0.25) is 0 Å². The summed E-state index contributed by atoms with van der Waals surface area (Å²) in [6, 6.07) is 13.1. The molecule has 106 valence electrons. The lowest BCUT2D eigenvalue weighted by Gasteiger charge is -2.22. The van der Waals surface area contributed by atoms with Crippen LogP contribution < -0.4 is 10.1 Å². The molecule has 0 bridgehead atoms. The van der Waals surface area contributed by atoms with Crippen molar-refractivity contribution in [2.75, 3.05) is 13.7 Å². The van der Waals surface area contributed by atoms with Crippen LogP contribution in [0.4, 0.5) is 4.39 Å². The van der Waals surface area contributed by atoms with Crippen molar-refractivity contribution in [3.05, 3.63) is 65.0 Å². The van der Waals surface area contributed by atoms with Gasteiger partial charge in [0.25, 0.3) is 0 Å². The van der Waals surface area contributed by atoms with E-state index < -0.39 is 0 Å². The van der Waals surface area contributed by atoms with Gasteiger partial charge in [-0.3, -0.25) is 0 Å². The Kier molecular flexibility index (Phi) is 4.74. The molecule has 0 fully saturated rings. The minimum atomic E-state index is -0.302. The second-order valence-corrected chi connectivity index (χ2v) is 4.71. The first-order valence-corrected chi connectivity index (χ1v) is 6.80. The first-order valence-electron chi connectivity index (χ1n) is 6.80. The monoisotopic (exact) mass is 273 g/mol. The van der Waals surface area contributed by atoms with Gasteiger partial charge in [0.1, 0.15) is 0 Å². The Bertz CT molecular complexity index is 583. The molecular formula is C17H20FNO. The predicted octanol–water partition coefficient (Wildman–Crippen LogP) is 3.84. The SMILES string of the molecule is CCNC(c1ccccc1C)c1cccc(OC)c1F. The zero-order valence-corrected chi connectivity index (χ0v) is 12.1. The fourth-order valence-electron chi connectivity index (χ4n) is 2.41. The Hall–Kier alpha value is -1.87. The van der Waals surface area contributed by atoms with Crippen molar-refractivity contribution < 1.29 is 9.13 Å². The van der Waals surface area contributed by atoms with E-state index in [0.717, 1.165) is 17.7 Å². The molecule has 2 nitrogen and oxygen atoms in total. The summed E-state index contributed by atoms with van der Waals surface area (Å²) in [4.78, 5) is 0. The van der Waals surface area contributed by atoms with E-state index in [1.807, 2.05) is 44.2 Å². The standard InChI is InChI=1S/C17H20FNO/c1-4-19-17(13-9-6-5-8-12(13)2)14-10-7-11-15(20-3)16(14)18/h5-11,17,19H,4H2,1-3H3. The molecule has 2 rings (SSSR count). The second-order valence-electron chi connectivity index (χ2n) is 4.71. The van der Waals surface area contributed by atoms with Gasteiger partial charge in [-0.05, 0) is 30.7 Å². The maximum Gasteiger partial charge on any atom is 0.170 e. The van der Waals surface area contributed by atoms with Crippen molar-refractivity contribution >= 4 is 0 Å². The van der Waals surface area contributed by atoms with Crippen molar-refractivity contribution in [3.8, 4) is 5.75 Å². The van der Waals surface area contributed by atoms with Crippen molar-refractivity contribution in [1.82, 2.24) is 5.32 Å². The van der Waals surface area contributed by atoms with Crippen LogP contribution in [-0.2, 0) is 0 Å². The van der Waals surface area contributed by atoms with E-state index >= 15 is 0 Å². The van der Waals surface area contributed by atoms with E-state index in [9.17, 15) is 4.39 Å². The molecular weight excluding hydrogens is 253 g/mol. The molecule has 0 aromatic heterocycles. The zero-order chi connectivity index (χ0) is 14.5. The molecule has 0 heterocycles. The summed E-state index contributed by atoms with van der Waals surface area (Å²) in [6.07, 6.45) is 0. The van der Waals surface area contributed by atoms with Gasteiger partial charge in [-0.1, -0.05) is 43.3 Å². The fraction of sp³-hybridized carbons (Fsp3) is 0.294. The Morgan fingerprint density at radius 3 is 2.45 bits per heavy atom. The van der Waals surface area contributed by atoms with Crippen LogP contribution >= 0.6 is 0 Å². The Morgan fingerprint density at radius 1 is 1.10 bits per heavy atom. The van der Waals surface area contributed by atoms with Gasteiger partial charge in [-0.2, -0.15) is 0 Å². The molecule has 0 radical (unpaired) electrons. The Balaban J connectivity index is 2.52. The smallest absolute Gasteiger partial charge is 0.170 e. The first-order chi connectivity index (χ1) is 9.69. The third-order valence-electron chi connectivity index (χ3n) is 3.43. The summed E-state index contributed by atoms with van der Waals surface area (Å²) in [5.41, 5.74) is 2.84. The largest absolute Gasteiger partial charge is 0.494 e. The van der Waals surface area contributed by atoms with Crippen LogP contribution in [0.3, 0.4) is 0 Å². The molecule has 1 unspecified atom stereocenters. The van der Waals surface area contributed by atoms with E-state index in [2.05, 4.69) is 5.32 Å². The summed E-state index contributed by atoms with van der Waals surface area (Å²) in [5, 5.41) is 3.35. The summed E-state index contributed by atoms with van der Waals surface area (Å²) in [7, 11) is 1.48. The molecule has 0 aliphatic rings. The molecule has 2 aromatic rings. The number of rotatable bonds is 5. The molecule has 1 N–H and O–H groups in total.